The molecule has 0 aromatic heterocycles. The Morgan fingerprint density at radius 3 is 2.27 bits per heavy atom. The van der Waals surface area contributed by atoms with E-state index in [1.54, 1.807) is 14.2 Å². The van der Waals surface area contributed by atoms with Crippen LogP contribution in [-0.2, 0) is 6.54 Å². The van der Waals surface area contributed by atoms with Crippen LogP contribution in [0.15, 0.2) is 72.8 Å². The number of carbonyl (C=O) groups is 1. The molecule has 0 N–H and O–H groups in total. The summed E-state index contributed by atoms with van der Waals surface area (Å²) in [5.41, 5.74) is 4.15. The zero-order valence-corrected chi connectivity index (χ0v) is 19.7. The topological polar surface area (TPSA) is 42.0 Å². The molecule has 3 aromatic rings. The van der Waals surface area contributed by atoms with Gasteiger partial charge in [-0.2, -0.15) is 0 Å². The molecule has 5 heteroatoms. The molecule has 1 aliphatic heterocycles. The molecule has 0 bridgehead atoms. The van der Waals surface area contributed by atoms with E-state index in [2.05, 4.69) is 36.1 Å². The molecule has 1 heterocycles. The number of piperidine rings is 1. The Morgan fingerprint density at radius 2 is 1.61 bits per heavy atom. The number of carbonyl (C=O) groups excluding carboxylic acids is 1. The van der Waals surface area contributed by atoms with Crippen LogP contribution in [0.3, 0.4) is 0 Å². The maximum Gasteiger partial charge on any atom is 0.258 e. The Kier molecular flexibility index (Phi) is 7.30. The second-order valence-corrected chi connectivity index (χ2v) is 8.60. The third-order valence-corrected chi connectivity index (χ3v) is 6.30. The second kappa shape index (κ2) is 10.5. The summed E-state index contributed by atoms with van der Waals surface area (Å²) in [7, 11) is 3.28. The number of nitrogens with zero attached hydrogens (tertiary/aromatic N) is 2. The van der Waals surface area contributed by atoms with Crippen molar-refractivity contribution in [2.45, 2.75) is 32.4 Å². The van der Waals surface area contributed by atoms with Gasteiger partial charge in [0.2, 0.25) is 0 Å². The van der Waals surface area contributed by atoms with E-state index in [-0.39, 0.29) is 11.9 Å². The maximum absolute atomic E-state index is 13.7. The van der Waals surface area contributed by atoms with E-state index >= 15 is 0 Å². The van der Waals surface area contributed by atoms with Crippen LogP contribution in [0.5, 0.6) is 11.5 Å². The lowest BCUT2D eigenvalue weighted by Gasteiger charge is -2.39. The lowest BCUT2D eigenvalue weighted by molar-refractivity contribution is 0.0958. The first-order chi connectivity index (χ1) is 16.1. The molecular formula is C28H32N2O3. The Morgan fingerprint density at radius 1 is 0.909 bits per heavy atom. The number of ether oxygens (including phenoxy) is 2. The van der Waals surface area contributed by atoms with Gasteiger partial charge in [0, 0.05) is 43.0 Å². The molecule has 1 saturated heterocycles. The first-order valence-corrected chi connectivity index (χ1v) is 11.5. The molecule has 0 aliphatic carbocycles. The average Bonchev–Trinajstić information content (AvgIpc) is 2.85. The molecule has 0 spiro atoms. The molecule has 172 valence electrons. The molecule has 1 fully saturated rings. The molecule has 1 aliphatic rings. The van der Waals surface area contributed by atoms with Crippen LogP contribution in [0, 0.1) is 6.92 Å². The third kappa shape index (κ3) is 5.55. The number of aryl methyl sites for hydroxylation is 1. The predicted molar refractivity (Wildman–Crippen MR) is 132 cm³/mol. The molecule has 5 nitrogen and oxygen atoms in total. The van der Waals surface area contributed by atoms with Crippen molar-refractivity contribution in [3.8, 4) is 11.5 Å². The van der Waals surface area contributed by atoms with Gasteiger partial charge >= 0.3 is 0 Å². The second-order valence-electron chi connectivity index (χ2n) is 8.60. The molecule has 1 amide bonds. The van der Waals surface area contributed by atoms with Crippen molar-refractivity contribution in [3.05, 3.63) is 89.5 Å². The number of rotatable bonds is 7. The number of methoxy groups -OCH3 is 2. The highest BCUT2D eigenvalue weighted by Gasteiger charge is 2.30. The Hall–Kier alpha value is -3.31. The highest BCUT2D eigenvalue weighted by atomic mass is 16.5. The van der Waals surface area contributed by atoms with Gasteiger partial charge in [0.05, 0.1) is 14.2 Å². The van der Waals surface area contributed by atoms with Gasteiger partial charge in [-0.15, -0.1) is 0 Å². The number of hydrogen-bond acceptors (Lipinski definition) is 4. The number of amides is 1. The van der Waals surface area contributed by atoms with Crippen LogP contribution in [0.2, 0.25) is 0 Å². The van der Waals surface area contributed by atoms with Crippen molar-refractivity contribution in [2.24, 2.45) is 0 Å². The average molecular weight is 445 g/mol. The Labute approximate surface area is 196 Å². The van der Waals surface area contributed by atoms with Crippen LogP contribution in [-0.4, -0.2) is 44.2 Å². The lowest BCUT2D eigenvalue weighted by Crippen LogP contribution is -2.47. The lowest BCUT2D eigenvalue weighted by atomic mass is 10.00. The van der Waals surface area contributed by atoms with Gasteiger partial charge in [0.15, 0.2) is 0 Å². The van der Waals surface area contributed by atoms with Crippen molar-refractivity contribution in [2.75, 3.05) is 32.2 Å². The van der Waals surface area contributed by atoms with E-state index in [1.807, 2.05) is 53.4 Å². The van der Waals surface area contributed by atoms with Crippen LogP contribution in [0.4, 0.5) is 5.69 Å². The Bertz CT molecular complexity index is 1070. The van der Waals surface area contributed by atoms with Crippen molar-refractivity contribution in [3.63, 3.8) is 0 Å². The summed E-state index contributed by atoms with van der Waals surface area (Å²) in [6.45, 7) is 4.98. The van der Waals surface area contributed by atoms with Gasteiger partial charge in [0.25, 0.3) is 5.91 Å². The van der Waals surface area contributed by atoms with Crippen molar-refractivity contribution in [1.29, 1.82) is 0 Å². The van der Waals surface area contributed by atoms with Gasteiger partial charge in [-0.05, 0) is 61.7 Å². The smallest absolute Gasteiger partial charge is 0.258 e. The first-order valence-electron chi connectivity index (χ1n) is 11.5. The molecule has 3 aromatic carbocycles. The fraction of sp³-hybridized carbons (Fsp3) is 0.321. The highest BCUT2D eigenvalue weighted by Crippen LogP contribution is 2.29. The largest absolute Gasteiger partial charge is 0.497 e. The first kappa shape index (κ1) is 22.9. The van der Waals surface area contributed by atoms with Crippen molar-refractivity contribution in [1.82, 2.24) is 4.90 Å². The van der Waals surface area contributed by atoms with E-state index < -0.39 is 0 Å². The standard InChI is InChI=1S/C28H32N2O3/c1-21-6-4-7-22(18-21)20-29-16-14-24(15-17-29)30(25-8-5-9-27(19-25)33-3)28(31)23-10-12-26(32-2)13-11-23/h4-13,18-19,24H,14-17,20H2,1-3H3. The van der Waals surface area contributed by atoms with E-state index in [0.717, 1.165) is 49.7 Å². The summed E-state index contributed by atoms with van der Waals surface area (Å²) in [4.78, 5) is 18.1. The minimum absolute atomic E-state index is 0.00282. The molecule has 4 rings (SSSR count). The number of anilines is 1. The molecular weight excluding hydrogens is 412 g/mol. The van der Waals surface area contributed by atoms with Gasteiger partial charge in [0.1, 0.15) is 11.5 Å². The molecule has 0 unspecified atom stereocenters. The number of benzene rings is 3. The highest BCUT2D eigenvalue weighted by molar-refractivity contribution is 6.06. The van der Waals surface area contributed by atoms with Crippen LogP contribution in [0.1, 0.15) is 34.3 Å². The minimum atomic E-state index is 0.00282. The molecule has 0 atom stereocenters. The van der Waals surface area contributed by atoms with E-state index in [9.17, 15) is 4.79 Å². The summed E-state index contributed by atoms with van der Waals surface area (Å²) in [5.74, 6) is 1.49. The summed E-state index contributed by atoms with van der Waals surface area (Å²) in [5, 5.41) is 0. The molecule has 0 radical (unpaired) electrons. The van der Waals surface area contributed by atoms with Crippen LogP contribution >= 0.6 is 0 Å². The van der Waals surface area contributed by atoms with E-state index in [4.69, 9.17) is 9.47 Å². The quantitative estimate of drug-likeness (QED) is 0.494. The van der Waals surface area contributed by atoms with Crippen molar-refractivity contribution < 1.29 is 14.3 Å². The summed E-state index contributed by atoms with van der Waals surface area (Å²) >= 11 is 0. The summed E-state index contributed by atoms with van der Waals surface area (Å²) < 4.78 is 10.7. The maximum atomic E-state index is 13.7. The van der Waals surface area contributed by atoms with Gasteiger partial charge in [-0.1, -0.05) is 35.9 Å². The SMILES string of the molecule is COc1ccc(C(=O)N(c2cccc(OC)c2)C2CCN(Cc3cccc(C)c3)CC2)cc1. The zero-order valence-electron chi connectivity index (χ0n) is 19.7. The van der Waals surface area contributed by atoms with E-state index in [0.29, 0.717) is 5.56 Å². The summed E-state index contributed by atoms with van der Waals surface area (Å²) in [6.07, 6.45) is 1.84. The van der Waals surface area contributed by atoms with Gasteiger partial charge in [-0.25, -0.2) is 0 Å². The van der Waals surface area contributed by atoms with Crippen molar-refractivity contribution >= 4 is 11.6 Å². The minimum Gasteiger partial charge on any atom is -0.497 e. The van der Waals surface area contributed by atoms with E-state index in [1.165, 1.54) is 11.1 Å². The van der Waals surface area contributed by atoms with Gasteiger partial charge < -0.3 is 14.4 Å². The molecule has 0 saturated carbocycles. The fourth-order valence-electron chi connectivity index (χ4n) is 4.53. The number of likely N-dealkylation sites (tertiary alicyclic amines) is 1. The predicted octanol–water partition coefficient (Wildman–Crippen LogP) is 5.32. The third-order valence-electron chi connectivity index (χ3n) is 6.30. The van der Waals surface area contributed by atoms with Crippen LogP contribution in [0.25, 0.3) is 0 Å². The fourth-order valence-corrected chi connectivity index (χ4v) is 4.53. The monoisotopic (exact) mass is 444 g/mol. The van der Waals surface area contributed by atoms with Crippen LogP contribution < -0.4 is 14.4 Å². The zero-order chi connectivity index (χ0) is 23.2. The summed E-state index contributed by atoms with van der Waals surface area (Å²) in [6, 6.07) is 23.9. The number of hydrogen-bond donors (Lipinski definition) is 0. The van der Waals surface area contributed by atoms with Gasteiger partial charge in [-0.3, -0.25) is 9.69 Å². The molecule has 33 heavy (non-hydrogen) atoms. The normalized spacial score (nSPS) is 14.6. The Balaban J connectivity index is 1.54.